The lowest BCUT2D eigenvalue weighted by atomic mass is 10.5. The first-order chi connectivity index (χ1) is 14.0. The van der Waals surface area contributed by atoms with Gasteiger partial charge < -0.3 is 26.6 Å². The molecule has 0 heterocycles. The average molecular weight is 455 g/mol. The minimum atomic E-state index is -2.36. The van der Waals surface area contributed by atoms with Crippen LogP contribution in [0.4, 0.5) is 0 Å². The van der Waals surface area contributed by atoms with Crippen LogP contribution in [-0.4, -0.2) is 57.3 Å². The molecular weight excluding hydrogens is 404 g/mol. The lowest BCUT2D eigenvalue weighted by Crippen LogP contribution is -2.46. The van der Waals surface area contributed by atoms with Crippen LogP contribution in [0.2, 0.25) is 12.1 Å². The average Bonchev–Trinajstić information content (AvgIpc) is 2.70. The Bertz CT molecular complexity index is 283. The summed E-state index contributed by atoms with van der Waals surface area (Å²) in [6, 6.07) is 1.86. The summed E-state index contributed by atoms with van der Waals surface area (Å²) in [6.07, 6.45) is 5.16. The van der Waals surface area contributed by atoms with Crippen LogP contribution in [0.15, 0.2) is 0 Å². The molecule has 0 aromatic carbocycles. The zero-order chi connectivity index (χ0) is 22.4. The quantitative estimate of drug-likeness (QED) is 0.221. The van der Waals surface area contributed by atoms with Gasteiger partial charge in [0.05, 0.1) is 0 Å². The molecule has 0 N–H and O–H groups in total. The van der Waals surface area contributed by atoms with E-state index in [1.165, 1.54) is 0 Å². The van der Waals surface area contributed by atoms with E-state index in [1.807, 2.05) is 20.8 Å². The highest BCUT2D eigenvalue weighted by Crippen LogP contribution is 2.19. The molecule has 0 rings (SSSR count). The first-order valence-electron chi connectivity index (χ1n) is 11.8. The van der Waals surface area contributed by atoms with Crippen LogP contribution in [0.1, 0.15) is 87.5 Å². The van der Waals surface area contributed by atoms with E-state index in [-0.39, 0.29) is 0 Å². The second kappa shape index (κ2) is 21.4. The summed E-state index contributed by atoms with van der Waals surface area (Å²) in [5, 5.41) is 0. The minimum absolute atomic E-state index is 0.673. The smallest absolute Gasteiger partial charge is 0.374 e. The summed E-state index contributed by atoms with van der Waals surface area (Å²) in [5.74, 6) is 0. The molecule has 0 saturated heterocycles. The standard InChI is InChI=1S/C12H28O3Si.C9H22O3Si/c1-5-9-13-16(12-8-4,14-10-6-2)15-11-7-3;1-5-9-13(10-6-2,11-7-3)12-8-4/h5-12H2,1-4H3;5-9H2,1-4H3. The van der Waals surface area contributed by atoms with Crippen molar-refractivity contribution < 1.29 is 26.6 Å². The van der Waals surface area contributed by atoms with Gasteiger partial charge in [-0.25, -0.2) is 0 Å². The van der Waals surface area contributed by atoms with Crippen LogP contribution in [0.3, 0.4) is 0 Å². The molecule has 0 spiro atoms. The van der Waals surface area contributed by atoms with Crippen molar-refractivity contribution in [1.82, 2.24) is 0 Å². The van der Waals surface area contributed by atoms with Gasteiger partial charge in [0.25, 0.3) is 0 Å². The van der Waals surface area contributed by atoms with E-state index in [0.29, 0.717) is 19.8 Å². The van der Waals surface area contributed by atoms with Crippen LogP contribution < -0.4 is 0 Å². The van der Waals surface area contributed by atoms with Crippen LogP contribution in [-0.2, 0) is 26.6 Å². The molecular formula is C21H50O6Si2. The maximum Gasteiger partial charge on any atom is 0.500 e. The fourth-order valence-corrected chi connectivity index (χ4v) is 8.18. The Morgan fingerprint density at radius 1 is 0.379 bits per heavy atom. The predicted molar refractivity (Wildman–Crippen MR) is 125 cm³/mol. The molecule has 0 unspecified atom stereocenters. The fraction of sp³-hybridized carbons (Fsp3) is 1.00. The second-order valence-corrected chi connectivity index (χ2v) is 12.2. The zero-order valence-corrected chi connectivity index (χ0v) is 22.6. The van der Waals surface area contributed by atoms with Gasteiger partial charge in [-0.15, -0.1) is 0 Å². The molecule has 29 heavy (non-hydrogen) atoms. The highest BCUT2D eigenvalue weighted by atomic mass is 28.4. The highest BCUT2D eigenvalue weighted by molar-refractivity contribution is 6.61. The van der Waals surface area contributed by atoms with Gasteiger partial charge in [-0.3, -0.25) is 0 Å². The molecule has 8 heteroatoms. The molecule has 0 atom stereocenters. The Balaban J connectivity index is 0. The molecule has 0 aliphatic heterocycles. The maximum absolute atomic E-state index is 5.92. The first-order valence-corrected chi connectivity index (χ1v) is 15.7. The first kappa shape index (κ1) is 31.4. The lowest BCUT2D eigenvalue weighted by Gasteiger charge is -2.29. The summed E-state index contributed by atoms with van der Waals surface area (Å²) in [7, 11) is -4.65. The van der Waals surface area contributed by atoms with Crippen LogP contribution in [0, 0.1) is 0 Å². The van der Waals surface area contributed by atoms with Crippen LogP contribution >= 0.6 is 0 Å². The van der Waals surface area contributed by atoms with E-state index in [1.54, 1.807) is 0 Å². The van der Waals surface area contributed by atoms with E-state index in [4.69, 9.17) is 26.6 Å². The Morgan fingerprint density at radius 3 is 0.862 bits per heavy atom. The van der Waals surface area contributed by atoms with Crippen molar-refractivity contribution in [3.63, 3.8) is 0 Å². The van der Waals surface area contributed by atoms with Gasteiger partial charge in [-0.1, -0.05) is 47.5 Å². The number of hydrogen-bond acceptors (Lipinski definition) is 6. The second-order valence-electron chi connectivity index (χ2n) is 6.71. The zero-order valence-electron chi connectivity index (χ0n) is 20.6. The van der Waals surface area contributed by atoms with E-state index < -0.39 is 17.6 Å². The molecule has 0 aliphatic rings. The van der Waals surface area contributed by atoms with Gasteiger partial charge in [0.2, 0.25) is 0 Å². The third-order valence-electron chi connectivity index (χ3n) is 3.78. The fourth-order valence-electron chi connectivity index (χ4n) is 2.73. The normalized spacial score (nSPS) is 12.0. The SMILES string of the molecule is CCCO[Si](CCC)(OCCC)OCCC.CCC[Si](OCC)(OCC)OCC. The highest BCUT2D eigenvalue weighted by Gasteiger charge is 2.40. The van der Waals surface area contributed by atoms with E-state index in [2.05, 4.69) is 34.6 Å². The largest absolute Gasteiger partial charge is 0.500 e. The van der Waals surface area contributed by atoms with Crippen molar-refractivity contribution >= 4 is 17.6 Å². The minimum Gasteiger partial charge on any atom is -0.374 e. The predicted octanol–water partition coefficient (Wildman–Crippen LogP) is 6.06. The van der Waals surface area contributed by atoms with Crippen LogP contribution in [0.5, 0.6) is 0 Å². The third kappa shape index (κ3) is 15.6. The van der Waals surface area contributed by atoms with Gasteiger partial charge in [0.15, 0.2) is 0 Å². The van der Waals surface area contributed by atoms with Crippen molar-refractivity contribution in [3.8, 4) is 0 Å². The Kier molecular flexibility index (Phi) is 23.2. The van der Waals surface area contributed by atoms with Crippen molar-refractivity contribution in [1.29, 1.82) is 0 Å². The molecule has 0 aromatic rings. The Hall–Kier alpha value is 0.194. The summed E-state index contributed by atoms with van der Waals surface area (Å²) in [5.41, 5.74) is 0. The van der Waals surface area contributed by atoms with Crippen molar-refractivity contribution in [2.45, 2.75) is 99.6 Å². The molecule has 0 radical (unpaired) electrons. The third-order valence-corrected chi connectivity index (χ3v) is 10.1. The number of rotatable bonds is 19. The molecule has 0 fully saturated rings. The molecule has 0 amide bonds. The van der Waals surface area contributed by atoms with Gasteiger partial charge in [-0.2, -0.15) is 0 Å². The van der Waals surface area contributed by atoms with Crippen molar-refractivity contribution in [3.05, 3.63) is 0 Å². The van der Waals surface area contributed by atoms with Gasteiger partial charge >= 0.3 is 17.6 Å². The molecule has 0 saturated carbocycles. The molecule has 0 aromatic heterocycles. The van der Waals surface area contributed by atoms with E-state index >= 15 is 0 Å². The molecule has 6 nitrogen and oxygen atoms in total. The summed E-state index contributed by atoms with van der Waals surface area (Å²) in [4.78, 5) is 0. The van der Waals surface area contributed by atoms with Crippen molar-refractivity contribution in [2.24, 2.45) is 0 Å². The maximum atomic E-state index is 5.92. The van der Waals surface area contributed by atoms with E-state index in [0.717, 1.165) is 64.0 Å². The van der Waals surface area contributed by atoms with Gasteiger partial charge in [0, 0.05) is 51.7 Å². The molecule has 0 aliphatic carbocycles. The summed E-state index contributed by atoms with van der Waals surface area (Å²) < 4.78 is 34.7. The van der Waals surface area contributed by atoms with Gasteiger partial charge in [-0.05, 0) is 40.0 Å². The lowest BCUT2D eigenvalue weighted by molar-refractivity contribution is 0.0590. The van der Waals surface area contributed by atoms with Crippen molar-refractivity contribution in [2.75, 3.05) is 39.6 Å². The molecule has 178 valence electrons. The van der Waals surface area contributed by atoms with Crippen LogP contribution in [0.25, 0.3) is 0 Å². The summed E-state index contributed by atoms with van der Waals surface area (Å²) in [6.45, 7) is 20.8. The monoisotopic (exact) mass is 454 g/mol. The molecule has 0 bridgehead atoms. The number of hydrogen-bond donors (Lipinski definition) is 0. The summed E-state index contributed by atoms with van der Waals surface area (Å²) >= 11 is 0. The van der Waals surface area contributed by atoms with Gasteiger partial charge in [0.1, 0.15) is 0 Å². The Labute approximate surface area is 183 Å². The Morgan fingerprint density at radius 2 is 0.655 bits per heavy atom. The topological polar surface area (TPSA) is 55.4 Å². The van der Waals surface area contributed by atoms with E-state index in [9.17, 15) is 0 Å².